The van der Waals surface area contributed by atoms with E-state index >= 15 is 0 Å². The highest BCUT2D eigenvalue weighted by molar-refractivity contribution is 7.80. The van der Waals surface area contributed by atoms with Crippen molar-refractivity contribution in [2.24, 2.45) is 0 Å². The van der Waals surface area contributed by atoms with Crippen molar-refractivity contribution < 1.29 is 31.2 Å². The largest absolute Gasteiger partial charge is 0.726 e. The molecule has 0 aliphatic heterocycles. The second kappa shape index (κ2) is 12.8. The first-order valence-electron chi connectivity index (χ1n) is 7.49. The highest BCUT2D eigenvalue weighted by atomic mass is 32.3. The molecule has 0 aliphatic carbocycles. The Labute approximate surface area is 135 Å². The Morgan fingerprint density at radius 1 is 1.09 bits per heavy atom. The molecule has 0 spiro atoms. The summed E-state index contributed by atoms with van der Waals surface area (Å²) in [5, 5.41) is 0. The van der Waals surface area contributed by atoms with E-state index in [2.05, 4.69) is 32.2 Å². The van der Waals surface area contributed by atoms with Crippen molar-refractivity contribution in [3.8, 4) is 0 Å². The van der Waals surface area contributed by atoms with E-state index in [-0.39, 0.29) is 5.97 Å². The van der Waals surface area contributed by atoms with E-state index in [0.29, 0.717) is 13.0 Å². The minimum absolute atomic E-state index is 0.0371. The Balaban J connectivity index is 0. The van der Waals surface area contributed by atoms with Gasteiger partial charge in [0, 0.05) is 6.42 Å². The number of hydrogen-bond donors (Lipinski definition) is 0. The van der Waals surface area contributed by atoms with E-state index in [1.807, 2.05) is 0 Å². The van der Waals surface area contributed by atoms with Gasteiger partial charge in [0.05, 0.1) is 28.3 Å². The molecule has 22 heavy (non-hydrogen) atoms. The van der Waals surface area contributed by atoms with Crippen molar-refractivity contribution in [2.75, 3.05) is 41.4 Å². The van der Waals surface area contributed by atoms with Gasteiger partial charge >= 0.3 is 5.97 Å². The first-order chi connectivity index (χ1) is 10.0. The molecule has 0 rings (SSSR count). The summed E-state index contributed by atoms with van der Waals surface area (Å²) in [6, 6.07) is 0. The zero-order valence-electron chi connectivity index (χ0n) is 14.5. The monoisotopic (exact) mass is 341 g/mol. The lowest BCUT2D eigenvalue weighted by atomic mass is 10.1. The summed E-state index contributed by atoms with van der Waals surface area (Å²) >= 11 is 0. The first-order valence-corrected chi connectivity index (χ1v) is 8.82. The number of esters is 1. The van der Waals surface area contributed by atoms with Crippen LogP contribution in [0.3, 0.4) is 0 Å². The van der Waals surface area contributed by atoms with Crippen LogP contribution >= 0.6 is 0 Å². The fourth-order valence-electron chi connectivity index (χ4n) is 1.38. The van der Waals surface area contributed by atoms with Gasteiger partial charge in [-0.2, -0.15) is 0 Å². The highest BCUT2D eigenvalue weighted by Gasteiger charge is 2.08. The molecular formula is C14H31NO6S. The maximum absolute atomic E-state index is 11.3. The van der Waals surface area contributed by atoms with Crippen molar-refractivity contribution in [3.63, 3.8) is 0 Å². The summed E-state index contributed by atoms with van der Waals surface area (Å²) in [5.74, 6) is -0.0371. The molecule has 7 nitrogen and oxygen atoms in total. The third-order valence-electron chi connectivity index (χ3n) is 2.71. The average molecular weight is 341 g/mol. The zero-order chi connectivity index (χ0) is 17.6. The smallest absolute Gasteiger partial charge is 0.305 e. The number of ether oxygens (including phenoxy) is 1. The predicted octanol–water partition coefficient (Wildman–Crippen LogP) is 1.69. The first kappa shape index (κ1) is 23.6. The van der Waals surface area contributed by atoms with Crippen LogP contribution in [0.15, 0.2) is 0 Å². The van der Waals surface area contributed by atoms with Crippen LogP contribution in [0.25, 0.3) is 0 Å². The molecule has 0 heterocycles. The van der Waals surface area contributed by atoms with E-state index in [1.165, 1.54) is 19.3 Å². The summed E-state index contributed by atoms with van der Waals surface area (Å²) < 4.78 is 37.0. The molecule has 0 saturated carbocycles. The molecule has 0 N–H and O–H groups in total. The van der Waals surface area contributed by atoms with E-state index < -0.39 is 10.4 Å². The third-order valence-corrected chi connectivity index (χ3v) is 3.12. The topological polar surface area (TPSA) is 92.7 Å². The van der Waals surface area contributed by atoms with Gasteiger partial charge in [0.15, 0.2) is 0 Å². The predicted molar refractivity (Wildman–Crippen MR) is 83.9 cm³/mol. The Morgan fingerprint density at radius 3 is 2.00 bits per heavy atom. The van der Waals surface area contributed by atoms with Crippen molar-refractivity contribution in [2.45, 2.75) is 45.4 Å². The molecule has 0 saturated heterocycles. The van der Waals surface area contributed by atoms with Crippen LogP contribution in [-0.2, 0) is 24.1 Å². The number of likely N-dealkylation sites (N-methyl/N-ethyl adjacent to an activating group) is 1. The van der Waals surface area contributed by atoms with Gasteiger partial charge in [0.25, 0.3) is 0 Å². The lowest BCUT2D eigenvalue weighted by molar-refractivity contribution is -0.870. The molecule has 0 radical (unpaired) electrons. The highest BCUT2D eigenvalue weighted by Crippen LogP contribution is 2.05. The van der Waals surface area contributed by atoms with Crippen LogP contribution in [0, 0.1) is 0 Å². The molecule has 0 bridgehead atoms. The number of rotatable bonds is 10. The summed E-state index contributed by atoms with van der Waals surface area (Å²) in [4.78, 5) is 11.3. The summed E-state index contributed by atoms with van der Waals surface area (Å²) in [7, 11) is 2.68. The second-order valence-electron chi connectivity index (χ2n) is 5.97. The number of carbonyl (C=O) groups excluding carboxylic acids is 1. The van der Waals surface area contributed by atoms with Crippen LogP contribution in [0.2, 0.25) is 0 Å². The summed E-state index contributed by atoms with van der Waals surface area (Å²) in [6.45, 7) is 3.61. The zero-order valence-corrected chi connectivity index (χ0v) is 15.3. The van der Waals surface area contributed by atoms with Gasteiger partial charge in [-0.05, 0) is 6.42 Å². The molecular weight excluding hydrogens is 310 g/mol. The Bertz CT molecular complexity index is 375. The molecule has 0 amide bonds. The lowest BCUT2D eigenvalue weighted by Crippen LogP contribution is -2.37. The molecule has 0 aliphatic rings. The van der Waals surface area contributed by atoms with Gasteiger partial charge in [-0.1, -0.05) is 32.6 Å². The van der Waals surface area contributed by atoms with Crippen molar-refractivity contribution in [1.82, 2.24) is 0 Å². The third kappa shape index (κ3) is 24.3. The van der Waals surface area contributed by atoms with Gasteiger partial charge < -0.3 is 13.8 Å². The summed E-state index contributed by atoms with van der Waals surface area (Å²) in [5.41, 5.74) is 0. The molecule has 134 valence electrons. The average Bonchev–Trinajstić information content (AvgIpc) is 2.37. The summed E-state index contributed by atoms with van der Waals surface area (Å²) in [6.07, 6.45) is 6.47. The van der Waals surface area contributed by atoms with Gasteiger partial charge in [-0.15, -0.1) is 0 Å². The second-order valence-corrected chi connectivity index (χ2v) is 7.12. The van der Waals surface area contributed by atoms with Gasteiger partial charge in [-0.25, -0.2) is 8.42 Å². The normalized spacial score (nSPS) is 11.5. The van der Waals surface area contributed by atoms with Crippen LogP contribution in [0.5, 0.6) is 0 Å². The fraction of sp³-hybridized carbons (Fsp3) is 0.929. The van der Waals surface area contributed by atoms with Gasteiger partial charge in [0.2, 0.25) is 10.4 Å². The van der Waals surface area contributed by atoms with Crippen LogP contribution < -0.4 is 0 Å². The van der Waals surface area contributed by atoms with Crippen molar-refractivity contribution >= 4 is 16.4 Å². The molecule has 0 atom stereocenters. The van der Waals surface area contributed by atoms with Crippen LogP contribution in [0.1, 0.15) is 45.4 Å². The lowest BCUT2D eigenvalue weighted by Gasteiger charge is -2.23. The van der Waals surface area contributed by atoms with Gasteiger partial charge in [0.1, 0.15) is 13.2 Å². The Morgan fingerprint density at radius 2 is 1.59 bits per heavy atom. The maximum Gasteiger partial charge on any atom is 0.305 e. The number of unbranched alkanes of at least 4 members (excludes halogenated alkanes) is 4. The molecule has 0 aromatic rings. The standard InChI is InChI=1S/C13H28NO2.CH4O4S/c1-5-6-7-8-9-10-13(15)16-12-11-14(2,3)4;1-5-6(2,3)4/h5-12H2,1-4H3;1H3,(H,2,3,4)/q+1;/p-1. The van der Waals surface area contributed by atoms with E-state index in [9.17, 15) is 17.8 Å². The van der Waals surface area contributed by atoms with E-state index in [4.69, 9.17) is 4.74 Å². The number of quaternary nitrogens is 1. The van der Waals surface area contributed by atoms with Crippen molar-refractivity contribution in [1.29, 1.82) is 0 Å². The molecule has 0 aromatic heterocycles. The number of nitrogens with zero attached hydrogens (tertiary/aromatic N) is 1. The molecule has 0 fully saturated rings. The van der Waals surface area contributed by atoms with Crippen LogP contribution in [0.4, 0.5) is 0 Å². The quantitative estimate of drug-likeness (QED) is 0.197. The molecule has 0 unspecified atom stereocenters. The minimum Gasteiger partial charge on any atom is -0.726 e. The Hall–Kier alpha value is -0.700. The fourth-order valence-corrected chi connectivity index (χ4v) is 1.38. The van der Waals surface area contributed by atoms with E-state index in [1.54, 1.807) is 0 Å². The number of carbonyl (C=O) groups is 1. The van der Waals surface area contributed by atoms with Crippen LogP contribution in [-0.4, -0.2) is 64.8 Å². The van der Waals surface area contributed by atoms with E-state index in [0.717, 1.165) is 31.0 Å². The maximum atomic E-state index is 11.3. The minimum atomic E-state index is -4.41. The SMILES string of the molecule is CCCCCCCC(=O)OCC[N+](C)(C)C.COS(=O)(=O)[O-]. The Kier molecular flexibility index (Phi) is 13.7. The number of hydrogen-bond acceptors (Lipinski definition) is 6. The molecule has 0 aromatic carbocycles. The van der Waals surface area contributed by atoms with Gasteiger partial charge in [-0.3, -0.25) is 8.98 Å². The molecule has 8 heteroatoms. The van der Waals surface area contributed by atoms with Crippen molar-refractivity contribution in [3.05, 3.63) is 0 Å².